The standard InChI is InChI=1S/C84H90O17/c1-60(85)98-81-78(93-54-67-42-24-9-25-43-67)73(88-49-62-32-14-4-15-33-62)70(57-87-48-61-30-12-3-13-31-61)100-84(81)97-59-72-75(90-51-64-36-18-6-19-37-64)77(92-53-66-40-22-8-23-41-66)80(95-56-69-46-28-11-29-47-69)83(101-72)96-58-71-74(89-50-63-34-16-5-17-35-63)76(91-52-65-38-20-7-21-39-65)79(82(86-2)99-71)94-55-68-44-26-10-27-45-68/h3-47,70-84H,48-59H2,1-2H3/t70-,71-,72-,73-,74-,75-,76+,77+,78+,79+,80+,81+,82+,83+,84+/m1/s1. The van der Waals surface area contributed by atoms with Crippen LogP contribution in [0.15, 0.2) is 273 Å². The molecule has 12 rings (SSSR count). The highest BCUT2D eigenvalue weighted by molar-refractivity contribution is 5.66. The zero-order valence-corrected chi connectivity index (χ0v) is 57.1. The molecule has 9 aromatic rings. The largest absolute Gasteiger partial charge is 0.454 e. The summed E-state index contributed by atoms with van der Waals surface area (Å²) in [7, 11) is 1.59. The topological polar surface area (TPSA) is 165 Å². The quantitative estimate of drug-likeness (QED) is 0.0340. The molecule has 3 aliphatic rings. The summed E-state index contributed by atoms with van der Waals surface area (Å²) in [6, 6.07) is 89.0. The molecule has 3 saturated heterocycles. The lowest BCUT2D eigenvalue weighted by atomic mass is 9.96. The Balaban J connectivity index is 0.912. The van der Waals surface area contributed by atoms with E-state index in [1.165, 1.54) is 6.92 Å². The second-order valence-corrected chi connectivity index (χ2v) is 25.2. The first-order chi connectivity index (χ1) is 49.9. The van der Waals surface area contributed by atoms with Crippen LogP contribution in [0.3, 0.4) is 0 Å². The molecule has 0 saturated carbocycles. The Labute approximate surface area is 592 Å². The first-order valence-corrected chi connectivity index (χ1v) is 34.6. The Morgan fingerprint density at radius 3 is 0.752 bits per heavy atom. The van der Waals surface area contributed by atoms with E-state index in [1.54, 1.807) is 7.11 Å². The number of methoxy groups -OCH3 is 1. The van der Waals surface area contributed by atoms with E-state index in [4.69, 9.17) is 75.8 Å². The average Bonchev–Trinajstić information content (AvgIpc) is 0.790. The van der Waals surface area contributed by atoms with Gasteiger partial charge in [-0.05, 0) is 50.1 Å². The molecule has 3 aliphatic heterocycles. The minimum atomic E-state index is -1.30. The Morgan fingerprint density at radius 1 is 0.257 bits per heavy atom. The van der Waals surface area contributed by atoms with Gasteiger partial charge in [0, 0.05) is 14.0 Å². The zero-order chi connectivity index (χ0) is 69.1. The summed E-state index contributed by atoms with van der Waals surface area (Å²) in [5.74, 6) is -0.589. The van der Waals surface area contributed by atoms with Crippen LogP contribution in [0.2, 0.25) is 0 Å². The van der Waals surface area contributed by atoms with Gasteiger partial charge in [-0.2, -0.15) is 0 Å². The third-order valence-corrected chi connectivity index (χ3v) is 17.8. The molecule has 17 heteroatoms. The van der Waals surface area contributed by atoms with Crippen molar-refractivity contribution in [3.63, 3.8) is 0 Å². The summed E-state index contributed by atoms with van der Waals surface area (Å²) in [5.41, 5.74) is 8.32. The van der Waals surface area contributed by atoms with Crippen molar-refractivity contribution in [1.82, 2.24) is 0 Å². The van der Waals surface area contributed by atoms with Gasteiger partial charge in [0.15, 0.2) is 25.0 Å². The highest BCUT2D eigenvalue weighted by atomic mass is 16.8. The molecule has 0 spiro atoms. The second-order valence-electron chi connectivity index (χ2n) is 25.2. The molecule has 15 atom stereocenters. The van der Waals surface area contributed by atoms with E-state index in [0.717, 1.165) is 50.1 Å². The van der Waals surface area contributed by atoms with E-state index >= 15 is 0 Å². The van der Waals surface area contributed by atoms with E-state index in [-0.39, 0.29) is 79.3 Å². The normalized spacial score (nSPS) is 25.1. The molecule has 3 fully saturated rings. The molecule has 0 bridgehead atoms. The summed E-state index contributed by atoms with van der Waals surface area (Å²) in [4.78, 5) is 13.6. The fourth-order valence-electron chi connectivity index (χ4n) is 12.7. The highest BCUT2D eigenvalue weighted by Crippen LogP contribution is 2.37. The fraction of sp³-hybridized carbons (Fsp3) is 0.345. The molecule has 101 heavy (non-hydrogen) atoms. The van der Waals surface area contributed by atoms with Crippen molar-refractivity contribution in [3.05, 3.63) is 323 Å². The van der Waals surface area contributed by atoms with E-state index in [0.29, 0.717) is 0 Å². The van der Waals surface area contributed by atoms with Crippen LogP contribution in [-0.2, 0) is 140 Å². The number of hydrogen-bond acceptors (Lipinski definition) is 17. The first kappa shape index (κ1) is 72.6. The third kappa shape index (κ3) is 21.5. The molecule has 17 nitrogen and oxygen atoms in total. The lowest BCUT2D eigenvalue weighted by Crippen LogP contribution is -2.65. The highest BCUT2D eigenvalue weighted by Gasteiger charge is 2.55. The minimum Gasteiger partial charge on any atom is -0.454 e. The van der Waals surface area contributed by atoms with Crippen LogP contribution in [0.4, 0.5) is 0 Å². The summed E-state index contributed by atoms with van der Waals surface area (Å²) < 4.78 is 111. The lowest BCUT2D eigenvalue weighted by molar-refractivity contribution is -0.360. The van der Waals surface area contributed by atoms with Crippen LogP contribution >= 0.6 is 0 Å². The average molecular weight is 1370 g/mol. The van der Waals surface area contributed by atoms with Gasteiger partial charge in [0.2, 0.25) is 0 Å². The first-order valence-electron chi connectivity index (χ1n) is 34.6. The lowest BCUT2D eigenvalue weighted by Gasteiger charge is -2.48. The molecular formula is C84H90O17. The number of hydrogen-bond donors (Lipinski definition) is 0. The van der Waals surface area contributed by atoms with Crippen LogP contribution in [-0.4, -0.2) is 125 Å². The monoisotopic (exact) mass is 1370 g/mol. The SMILES string of the molecule is CO[C@H]1O[C@H](CO[C@H]2O[C@H](CO[C@H]3O[C@H](COCc4ccccc4)[C@@H](OCc4ccccc4)[C@H](OCc4ccccc4)[C@@H]3OC(C)=O)[C@@H](OCc3ccccc3)[C@H](OCc3ccccc3)[C@@H]2OCc2ccccc2)[C@@H](OCc2ccccc2)[C@H](OCc2ccccc2)[C@@H]1OCc1ccccc1. The molecule has 0 unspecified atom stereocenters. The van der Waals surface area contributed by atoms with Crippen molar-refractivity contribution in [2.45, 2.75) is 159 Å². The predicted molar refractivity (Wildman–Crippen MR) is 377 cm³/mol. The smallest absolute Gasteiger partial charge is 0.303 e. The summed E-state index contributed by atoms with van der Waals surface area (Å²) in [6.07, 6.45) is -14.5. The van der Waals surface area contributed by atoms with Crippen LogP contribution in [0.25, 0.3) is 0 Å². The fourth-order valence-corrected chi connectivity index (χ4v) is 12.7. The molecule has 9 aromatic carbocycles. The maximum Gasteiger partial charge on any atom is 0.303 e. The maximum atomic E-state index is 13.6. The predicted octanol–water partition coefficient (Wildman–Crippen LogP) is 13.7. The van der Waals surface area contributed by atoms with Gasteiger partial charge in [-0.1, -0.05) is 273 Å². The van der Waals surface area contributed by atoms with Crippen LogP contribution in [0, 0.1) is 0 Å². The van der Waals surface area contributed by atoms with Gasteiger partial charge in [0.25, 0.3) is 0 Å². The van der Waals surface area contributed by atoms with Crippen LogP contribution in [0.1, 0.15) is 57.0 Å². The zero-order valence-electron chi connectivity index (χ0n) is 57.1. The summed E-state index contributed by atoms with van der Waals surface area (Å²) >= 11 is 0. The van der Waals surface area contributed by atoms with Gasteiger partial charge < -0.3 is 75.8 Å². The molecule has 3 heterocycles. The van der Waals surface area contributed by atoms with Crippen molar-refractivity contribution in [2.75, 3.05) is 26.9 Å². The third-order valence-electron chi connectivity index (χ3n) is 17.8. The Bertz CT molecular complexity index is 3750. The number of benzene rings is 9. The van der Waals surface area contributed by atoms with Gasteiger partial charge >= 0.3 is 5.97 Å². The number of ether oxygens (including phenoxy) is 16. The number of esters is 1. The Hall–Kier alpha value is -8.15. The van der Waals surface area contributed by atoms with Crippen LogP contribution in [0.5, 0.6) is 0 Å². The summed E-state index contributed by atoms with van der Waals surface area (Å²) in [6.45, 7) is 2.72. The number of carbonyl (C=O) groups is 1. The molecule has 0 aromatic heterocycles. The summed E-state index contributed by atoms with van der Waals surface area (Å²) in [5, 5.41) is 0. The molecule has 0 radical (unpaired) electrons. The van der Waals surface area contributed by atoms with Gasteiger partial charge in [0.05, 0.1) is 79.3 Å². The van der Waals surface area contributed by atoms with Gasteiger partial charge in [0.1, 0.15) is 67.1 Å². The van der Waals surface area contributed by atoms with E-state index in [1.807, 2.05) is 273 Å². The van der Waals surface area contributed by atoms with Crippen LogP contribution < -0.4 is 0 Å². The molecule has 0 amide bonds. The molecule has 0 aliphatic carbocycles. The Kier molecular flexibility index (Phi) is 27.9. The molecular weight excluding hydrogens is 1280 g/mol. The second kappa shape index (κ2) is 38.8. The van der Waals surface area contributed by atoms with Crippen molar-refractivity contribution in [1.29, 1.82) is 0 Å². The van der Waals surface area contributed by atoms with Crippen molar-refractivity contribution >= 4 is 5.97 Å². The van der Waals surface area contributed by atoms with Gasteiger partial charge in [-0.15, -0.1) is 0 Å². The Morgan fingerprint density at radius 2 is 0.475 bits per heavy atom. The van der Waals surface area contributed by atoms with E-state index in [2.05, 4.69) is 0 Å². The number of rotatable bonds is 36. The minimum absolute atomic E-state index is 0.0436. The maximum absolute atomic E-state index is 13.6. The van der Waals surface area contributed by atoms with Crippen molar-refractivity contribution < 1.29 is 80.6 Å². The molecule has 528 valence electrons. The number of carbonyl (C=O) groups excluding carboxylic acids is 1. The van der Waals surface area contributed by atoms with E-state index < -0.39 is 98.1 Å². The van der Waals surface area contributed by atoms with Gasteiger partial charge in [-0.3, -0.25) is 4.79 Å². The van der Waals surface area contributed by atoms with Crippen molar-refractivity contribution in [2.24, 2.45) is 0 Å². The van der Waals surface area contributed by atoms with E-state index in [9.17, 15) is 4.79 Å². The van der Waals surface area contributed by atoms with Gasteiger partial charge in [-0.25, -0.2) is 0 Å². The molecule has 0 N–H and O–H groups in total. The van der Waals surface area contributed by atoms with Crippen molar-refractivity contribution in [3.8, 4) is 0 Å².